The normalized spacial score (nSPS) is 14.6. The zero-order chi connectivity index (χ0) is 30.9. The maximum atomic E-state index is 12.8. The topological polar surface area (TPSA) is 110 Å². The predicted octanol–water partition coefficient (Wildman–Crippen LogP) is 6.17. The van der Waals surface area contributed by atoms with Crippen molar-refractivity contribution in [3.63, 3.8) is 0 Å². The minimum atomic E-state index is -0.630. The van der Waals surface area contributed by atoms with E-state index in [0.717, 1.165) is 13.6 Å². The molecule has 3 aromatic rings. The van der Waals surface area contributed by atoms with Gasteiger partial charge in [-0.15, -0.1) is 0 Å². The number of carbonyl (C=O) groups is 2. The molecule has 1 aliphatic rings. The van der Waals surface area contributed by atoms with E-state index in [1.54, 1.807) is 38.1 Å². The molecule has 3 aromatic carbocycles. The Morgan fingerprint density at radius 2 is 1.95 bits per heavy atom. The van der Waals surface area contributed by atoms with Gasteiger partial charge in [-0.3, -0.25) is 4.79 Å². The Kier molecular flexibility index (Phi) is 11.8. The number of nitrogens with zero attached hydrogens (tertiary/aromatic N) is 1. The highest BCUT2D eigenvalue weighted by Crippen LogP contribution is 2.34. The van der Waals surface area contributed by atoms with Crippen LogP contribution < -0.4 is 25.5 Å². The number of nitrogens with one attached hydrogen (secondary N) is 3. The van der Waals surface area contributed by atoms with Gasteiger partial charge in [0.25, 0.3) is 5.91 Å². The minimum absolute atomic E-state index is 0.222. The van der Waals surface area contributed by atoms with Crippen molar-refractivity contribution in [2.24, 2.45) is 5.10 Å². The molecule has 1 atom stereocenters. The highest BCUT2D eigenvalue weighted by molar-refractivity contribution is 14.1. The molecule has 4 rings (SSSR count). The fraction of sp³-hybridized carbons (Fsp3) is 0.200. The van der Waals surface area contributed by atoms with Crippen LogP contribution in [0.3, 0.4) is 0 Å². The number of thiocarbonyl (C=S) groups is 1. The summed E-state index contributed by atoms with van der Waals surface area (Å²) in [6, 6.07) is 17.6. The van der Waals surface area contributed by atoms with Gasteiger partial charge in [-0.1, -0.05) is 57.9 Å². The lowest BCUT2D eigenvalue weighted by molar-refractivity contribution is -0.139. The van der Waals surface area contributed by atoms with Crippen LogP contribution in [0.1, 0.15) is 36.6 Å². The van der Waals surface area contributed by atoms with E-state index in [2.05, 4.69) is 59.7 Å². The third-order valence-electron chi connectivity index (χ3n) is 6.06. The smallest absolute Gasteiger partial charge is 0.338 e. The molecular formula is C30H27BrClIN4O5S. The van der Waals surface area contributed by atoms with Crippen molar-refractivity contribution >= 4 is 85.5 Å². The predicted molar refractivity (Wildman–Crippen MR) is 181 cm³/mol. The highest BCUT2D eigenvalue weighted by atomic mass is 127. The van der Waals surface area contributed by atoms with Crippen molar-refractivity contribution in [1.82, 2.24) is 16.1 Å². The summed E-state index contributed by atoms with van der Waals surface area (Å²) in [5.41, 5.74) is 5.64. The van der Waals surface area contributed by atoms with Gasteiger partial charge >= 0.3 is 5.97 Å². The number of esters is 1. The molecule has 0 aromatic heterocycles. The van der Waals surface area contributed by atoms with Crippen LogP contribution in [0.15, 0.2) is 81.5 Å². The third-order valence-corrected chi connectivity index (χ3v) is 7.77. The van der Waals surface area contributed by atoms with Crippen molar-refractivity contribution in [3.8, 4) is 11.5 Å². The van der Waals surface area contributed by atoms with E-state index in [-0.39, 0.29) is 13.2 Å². The molecule has 0 unspecified atom stereocenters. The molecule has 1 amide bonds. The Morgan fingerprint density at radius 3 is 2.72 bits per heavy atom. The zero-order valence-electron chi connectivity index (χ0n) is 23.1. The number of rotatable bonds is 11. The molecule has 3 N–H and O–H groups in total. The number of hydrogen-bond acceptors (Lipinski definition) is 7. The average molecular weight is 798 g/mol. The van der Waals surface area contributed by atoms with Gasteiger partial charge in [0, 0.05) is 26.3 Å². The van der Waals surface area contributed by atoms with Crippen molar-refractivity contribution in [2.75, 3.05) is 13.2 Å². The summed E-state index contributed by atoms with van der Waals surface area (Å²) in [5, 5.41) is 11.2. The summed E-state index contributed by atoms with van der Waals surface area (Å²) >= 11 is 17.1. The summed E-state index contributed by atoms with van der Waals surface area (Å²) in [6.45, 7) is 3.69. The number of allylic oxidation sites excluding steroid dienone is 1. The van der Waals surface area contributed by atoms with Gasteiger partial charge in [0.15, 0.2) is 11.7 Å². The van der Waals surface area contributed by atoms with Gasteiger partial charge in [-0.2, -0.15) is 5.10 Å². The van der Waals surface area contributed by atoms with Crippen LogP contribution in [0.25, 0.3) is 0 Å². The summed E-state index contributed by atoms with van der Waals surface area (Å²) < 4.78 is 18.9. The molecule has 13 heteroatoms. The molecular weight excluding hydrogens is 771 g/mol. The first-order chi connectivity index (χ1) is 20.7. The fourth-order valence-corrected chi connectivity index (χ4v) is 6.41. The summed E-state index contributed by atoms with van der Waals surface area (Å²) in [4.78, 5) is 25.4. The molecule has 1 aliphatic heterocycles. The Hall–Kier alpha value is -3.20. The summed E-state index contributed by atoms with van der Waals surface area (Å²) in [7, 11) is 0. The van der Waals surface area contributed by atoms with Gasteiger partial charge < -0.3 is 24.8 Å². The van der Waals surface area contributed by atoms with Crippen LogP contribution in [0.2, 0.25) is 5.02 Å². The number of carbonyl (C=O) groups excluding carboxylic acids is 2. The molecule has 0 bridgehead atoms. The summed E-state index contributed by atoms with van der Waals surface area (Å²) in [5.74, 6) is 0.0487. The third kappa shape index (κ3) is 8.91. The molecule has 1 heterocycles. The van der Waals surface area contributed by atoms with Gasteiger partial charge in [0.1, 0.15) is 18.1 Å². The Labute approximate surface area is 281 Å². The van der Waals surface area contributed by atoms with Crippen LogP contribution in [-0.2, 0) is 20.9 Å². The van der Waals surface area contributed by atoms with Crippen LogP contribution >= 0.6 is 62.3 Å². The quantitative estimate of drug-likeness (QED) is 0.0696. The number of halogens is 3. The molecule has 0 fully saturated rings. The van der Waals surface area contributed by atoms with E-state index in [1.165, 1.54) is 6.21 Å². The van der Waals surface area contributed by atoms with E-state index in [9.17, 15) is 9.59 Å². The van der Waals surface area contributed by atoms with Crippen molar-refractivity contribution in [2.45, 2.75) is 26.5 Å². The van der Waals surface area contributed by atoms with E-state index < -0.39 is 17.9 Å². The molecule has 0 aliphatic carbocycles. The lowest BCUT2D eigenvalue weighted by Gasteiger charge is -2.30. The first-order valence-electron chi connectivity index (χ1n) is 13.0. The molecule has 0 saturated carbocycles. The Morgan fingerprint density at radius 1 is 1.16 bits per heavy atom. The fourth-order valence-electron chi connectivity index (χ4n) is 4.22. The number of para-hydroxylation sites is 1. The first-order valence-corrected chi connectivity index (χ1v) is 15.7. The van der Waals surface area contributed by atoms with Crippen molar-refractivity contribution in [3.05, 3.63) is 102 Å². The number of hydrazone groups is 1. The highest BCUT2D eigenvalue weighted by Gasteiger charge is 2.32. The number of hydrogen-bond donors (Lipinski definition) is 3. The van der Waals surface area contributed by atoms with Crippen LogP contribution in [0, 0.1) is 3.57 Å². The molecule has 0 radical (unpaired) electrons. The van der Waals surface area contributed by atoms with Crippen LogP contribution in [0.5, 0.6) is 11.5 Å². The Bertz CT molecular complexity index is 1600. The second-order valence-electron chi connectivity index (χ2n) is 9.13. The monoisotopic (exact) mass is 796 g/mol. The van der Waals surface area contributed by atoms with Gasteiger partial charge in [0.05, 0.1) is 28.0 Å². The number of ether oxygens (including phenoxy) is 3. The van der Waals surface area contributed by atoms with E-state index >= 15 is 0 Å². The second kappa shape index (κ2) is 15.5. The summed E-state index contributed by atoms with van der Waals surface area (Å²) in [6.07, 6.45) is 1.51. The van der Waals surface area contributed by atoms with E-state index in [0.29, 0.717) is 50.6 Å². The largest absolute Gasteiger partial charge is 0.487 e. The second-order valence-corrected chi connectivity index (χ2v) is 12.1. The zero-order valence-corrected chi connectivity index (χ0v) is 28.4. The van der Waals surface area contributed by atoms with E-state index in [4.69, 9.17) is 38.0 Å². The maximum absolute atomic E-state index is 12.8. The standard InChI is InChI=1S/C30H27BrClIN4O5S/c1-3-40-29(39)26-17(2)35-30(43)36-27(26)22-9-4-5-10-24(22)41-16-25(38)37-34-14-19-12-20(31)13-23(33)28(19)42-15-18-7-6-8-21(32)11-18/h4-14,27H,3,15-16H2,1-2H3,(H,37,38)(H2,35,36,43)/t27-/m0/s1. The van der Waals surface area contributed by atoms with Gasteiger partial charge in [-0.25, -0.2) is 10.2 Å². The minimum Gasteiger partial charge on any atom is -0.487 e. The maximum Gasteiger partial charge on any atom is 0.338 e. The first kappa shape index (κ1) is 32.7. The molecule has 9 nitrogen and oxygen atoms in total. The molecule has 43 heavy (non-hydrogen) atoms. The Balaban J connectivity index is 1.44. The van der Waals surface area contributed by atoms with Crippen LogP contribution in [-0.4, -0.2) is 36.4 Å². The lowest BCUT2D eigenvalue weighted by Crippen LogP contribution is -2.45. The lowest BCUT2D eigenvalue weighted by atomic mass is 9.95. The molecule has 0 saturated heterocycles. The van der Waals surface area contributed by atoms with Gasteiger partial charge in [0.2, 0.25) is 0 Å². The number of amides is 1. The SMILES string of the molecule is CCOC(=O)C1=C(C)NC(=S)N[C@H]1c1ccccc1OCC(=O)NN=Cc1cc(Br)cc(I)c1OCc1cccc(Cl)c1. The average Bonchev–Trinajstić information content (AvgIpc) is 2.95. The van der Waals surface area contributed by atoms with Crippen molar-refractivity contribution in [1.29, 1.82) is 0 Å². The van der Waals surface area contributed by atoms with E-state index in [1.807, 2.05) is 36.4 Å². The molecule has 224 valence electrons. The van der Waals surface area contributed by atoms with Crippen LogP contribution in [0.4, 0.5) is 0 Å². The van der Waals surface area contributed by atoms with Gasteiger partial charge in [-0.05, 0) is 84.6 Å². The van der Waals surface area contributed by atoms with Crippen molar-refractivity contribution < 1.29 is 23.8 Å². The number of benzene rings is 3. The molecule has 0 spiro atoms.